The summed E-state index contributed by atoms with van der Waals surface area (Å²) in [5, 5.41) is 9.37. The molecule has 0 unspecified atom stereocenters. The highest BCUT2D eigenvalue weighted by Crippen LogP contribution is 2.32. The Kier molecular flexibility index (Phi) is 4.21. The van der Waals surface area contributed by atoms with Gasteiger partial charge in [0.25, 0.3) is 0 Å². The third-order valence-corrected chi connectivity index (χ3v) is 2.57. The summed E-state index contributed by atoms with van der Waals surface area (Å²) in [6.07, 6.45) is -4.18. The molecule has 0 aliphatic carbocycles. The number of rotatable bonds is 3. The van der Waals surface area contributed by atoms with Crippen molar-refractivity contribution in [2.75, 3.05) is 0 Å². The van der Waals surface area contributed by atoms with Gasteiger partial charge in [-0.2, -0.15) is 13.2 Å². The molecule has 0 aliphatic heterocycles. The fraction of sp³-hybridized carbons (Fsp3) is 0.455. The zero-order valence-electron chi connectivity index (χ0n) is 8.68. The van der Waals surface area contributed by atoms with Crippen molar-refractivity contribution in [1.82, 2.24) is 0 Å². The number of aliphatic hydroxyl groups is 1. The molecular formula is C11H12ClF3O. The molecule has 5 heteroatoms. The van der Waals surface area contributed by atoms with E-state index in [2.05, 4.69) is 0 Å². The van der Waals surface area contributed by atoms with Crippen LogP contribution in [-0.2, 0) is 12.6 Å². The van der Waals surface area contributed by atoms with E-state index in [4.69, 9.17) is 16.7 Å². The van der Waals surface area contributed by atoms with Crippen molar-refractivity contribution in [3.8, 4) is 0 Å². The Bertz CT molecular complexity index is 361. The SMILES string of the molecule is C[C@H](O)CCc1cc(C(F)(F)F)ccc1Cl. The predicted molar refractivity (Wildman–Crippen MR) is 56.5 cm³/mol. The van der Waals surface area contributed by atoms with Gasteiger partial charge in [-0.25, -0.2) is 0 Å². The third kappa shape index (κ3) is 3.68. The maximum absolute atomic E-state index is 12.4. The summed E-state index contributed by atoms with van der Waals surface area (Å²) in [5.41, 5.74) is -0.296. The minimum atomic E-state index is -4.36. The lowest BCUT2D eigenvalue weighted by atomic mass is 10.0. The van der Waals surface area contributed by atoms with Gasteiger partial charge in [0.05, 0.1) is 11.7 Å². The molecule has 1 N–H and O–H groups in total. The fourth-order valence-electron chi connectivity index (χ4n) is 1.31. The Balaban J connectivity index is 2.91. The minimum absolute atomic E-state index is 0.300. The minimum Gasteiger partial charge on any atom is -0.393 e. The van der Waals surface area contributed by atoms with Gasteiger partial charge in [-0.1, -0.05) is 11.6 Å². The molecule has 0 spiro atoms. The van der Waals surface area contributed by atoms with Gasteiger partial charge in [0.15, 0.2) is 0 Å². The Labute approximate surface area is 96.9 Å². The molecule has 1 aromatic rings. The van der Waals surface area contributed by atoms with Crippen molar-refractivity contribution in [2.45, 2.75) is 32.0 Å². The molecule has 0 aliphatic rings. The molecule has 0 bridgehead atoms. The van der Waals surface area contributed by atoms with Gasteiger partial charge in [-0.05, 0) is 43.5 Å². The standard InChI is InChI=1S/C11H12ClF3O/c1-7(16)2-3-8-6-9(11(13,14)15)4-5-10(8)12/h4-7,16H,2-3H2,1H3/t7-/m0/s1. The van der Waals surface area contributed by atoms with E-state index in [9.17, 15) is 13.2 Å². The second kappa shape index (κ2) is 5.06. The molecule has 0 fully saturated rings. The molecule has 0 saturated heterocycles. The van der Waals surface area contributed by atoms with Crippen LogP contribution in [0.15, 0.2) is 18.2 Å². The second-order valence-electron chi connectivity index (χ2n) is 3.69. The number of alkyl halides is 3. The lowest BCUT2D eigenvalue weighted by Crippen LogP contribution is -2.07. The topological polar surface area (TPSA) is 20.2 Å². The third-order valence-electron chi connectivity index (χ3n) is 2.20. The van der Waals surface area contributed by atoms with Crippen LogP contribution in [0.1, 0.15) is 24.5 Å². The molecule has 1 atom stereocenters. The van der Waals surface area contributed by atoms with Crippen molar-refractivity contribution < 1.29 is 18.3 Å². The van der Waals surface area contributed by atoms with Crippen LogP contribution in [0.3, 0.4) is 0 Å². The zero-order valence-corrected chi connectivity index (χ0v) is 9.44. The van der Waals surface area contributed by atoms with E-state index in [-0.39, 0.29) is 0 Å². The molecule has 16 heavy (non-hydrogen) atoms. The van der Waals surface area contributed by atoms with E-state index >= 15 is 0 Å². The van der Waals surface area contributed by atoms with Crippen LogP contribution in [0, 0.1) is 0 Å². The molecule has 1 nitrogen and oxygen atoms in total. The highest BCUT2D eigenvalue weighted by atomic mass is 35.5. The summed E-state index contributed by atoms with van der Waals surface area (Å²) < 4.78 is 37.2. The van der Waals surface area contributed by atoms with Gasteiger partial charge in [0, 0.05) is 5.02 Å². The van der Waals surface area contributed by atoms with Gasteiger partial charge < -0.3 is 5.11 Å². The van der Waals surface area contributed by atoms with E-state index in [1.807, 2.05) is 0 Å². The molecule has 90 valence electrons. The number of benzene rings is 1. The average molecular weight is 253 g/mol. The summed E-state index contributed by atoms with van der Waals surface area (Å²) in [6, 6.07) is 3.22. The maximum Gasteiger partial charge on any atom is 0.416 e. The van der Waals surface area contributed by atoms with Crippen molar-refractivity contribution >= 4 is 11.6 Å². The molecule has 0 saturated carbocycles. The highest BCUT2D eigenvalue weighted by Gasteiger charge is 2.30. The number of halogens is 4. The van der Waals surface area contributed by atoms with Crippen LogP contribution in [0.4, 0.5) is 13.2 Å². The first kappa shape index (κ1) is 13.3. The van der Waals surface area contributed by atoms with E-state index in [1.165, 1.54) is 6.07 Å². The molecule has 0 amide bonds. The normalized spacial score (nSPS) is 13.9. The first-order valence-electron chi connectivity index (χ1n) is 4.84. The van der Waals surface area contributed by atoms with Crippen LogP contribution in [0.2, 0.25) is 5.02 Å². The molecular weight excluding hydrogens is 241 g/mol. The smallest absolute Gasteiger partial charge is 0.393 e. The Morgan fingerprint density at radius 3 is 2.50 bits per heavy atom. The Hall–Kier alpha value is -0.740. The zero-order chi connectivity index (χ0) is 12.3. The van der Waals surface area contributed by atoms with Gasteiger partial charge in [-0.3, -0.25) is 0 Å². The van der Waals surface area contributed by atoms with Crippen molar-refractivity contribution in [1.29, 1.82) is 0 Å². The summed E-state index contributed by atoms with van der Waals surface area (Å²) in [7, 11) is 0. The Morgan fingerprint density at radius 2 is 2.00 bits per heavy atom. The van der Waals surface area contributed by atoms with Crippen LogP contribution in [0.25, 0.3) is 0 Å². The van der Waals surface area contributed by atoms with Crippen LogP contribution >= 0.6 is 11.6 Å². The first-order chi connectivity index (χ1) is 7.30. The number of hydrogen-bond donors (Lipinski definition) is 1. The maximum atomic E-state index is 12.4. The van der Waals surface area contributed by atoms with Crippen LogP contribution in [0.5, 0.6) is 0 Å². The summed E-state index contributed by atoms with van der Waals surface area (Å²) in [5.74, 6) is 0. The highest BCUT2D eigenvalue weighted by molar-refractivity contribution is 6.31. The lowest BCUT2D eigenvalue weighted by Gasteiger charge is -2.11. The number of aryl methyl sites for hydroxylation is 1. The van der Waals surface area contributed by atoms with Crippen molar-refractivity contribution in [3.63, 3.8) is 0 Å². The van der Waals surface area contributed by atoms with Gasteiger partial charge in [0.1, 0.15) is 0 Å². The molecule has 1 rings (SSSR count). The second-order valence-corrected chi connectivity index (χ2v) is 4.10. The fourth-order valence-corrected chi connectivity index (χ4v) is 1.52. The van der Waals surface area contributed by atoms with Gasteiger partial charge in [-0.15, -0.1) is 0 Å². The van der Waals surface area contributed by atoms with Crippen LogP contribution in [-0.4, -0.2) is 11.2 Å². The van der Waals surface area contributed by atoms with Crippen LogP contribution < -0.4 is 0 Å². The monoisotopic (exact) mass is 252 g/mol. The average Bonchev–Trinajstić information content (AvgIpc) is 2.14. The predicted octanol–water partition coefficient (Wildman–Crippen LogP) is 3.67. The quantitative estimate of drug-likeness (QED) is 0.870. The largest absolute Gasteiger partial charge is 0.416 e. The lowest BCUT2D eigenvalue weighted by molar-refractivity contribution is -0.137. The van der Waals surface area contributed by atoms with Gasteiger partial charge in [0.2, 0.25) is 0 Å². The number of aliphatic hydroxyl groups excluding tert-OH is 1. The van der Waals surface area contributed by atoms with Crippen molar-refractivity contribution in [2.24, 2.45) is 0 Å². The van der Waals surface area contributed by atoms with E-state index in [0.717, 1.165) is 12.1 Å². The first-order valence-corrected chi connectivity index (χ1v) is 5.22. The summed E-state index contributed by atoms with van der Waals surface area (Å²) >= 11 is 5.78. The van der Waals surface area contributed by atoms with E-state index in [1.54, 1.807) is 6.92 Å². The summed E-state index contributed by atoms with van der Waals surface area (Å²) in [4.78, 5) is 0. The van der Waals surface area contributed by atoms with E-state index in [0.29, 0.717) is 23.4 Å². The molecule has 1 aromatic carbocycles. The Morgan fingerprint density at radius 1 is 1.38 bits per heavy atom. The molecule has 0 heterocycles. The van der Waals surface area contributed by atoms with Gasteiger partial charge >= 0.3 is 6.18 Å². The summed E-state index contributed by atoms with van der Waals surface area (Å²) in [6.45, 7) is 1.58. The van der Waals surface area contributed by atoms with E-state index < -0.39 is 17.8 Å². The number of hydrogen-bond acceptors (Lipinski definition) is 1. The molecule has 0 aromatic heterocycles. The molecule has 0 radical (unpaired) electrons. The van der Waals surface area contributed by atoms with Crippen molar-refractivity contribution in [3.05, 3.63) is 34.3 Å².